The molecule has 0 aromatic carbocycles. The van der Waals surface area contributed by atoms with E-state index in [0.29, 0.717) is 11.0 Å². The zero-order valence-electron chi connectivity index (χ0n) is 11.1. The Kier molecular flexibility index (Phi) is 2.48. The Bertz CT molecular complexity index is 809. The van der Waals surface area contributed by atoms with Crippen molar-refractivity contribution in [1.29, 1.82) is 0 Å². The number of hydrogen-bond acceptors (Lipinski definition) is 3. The zero-order valence-corrected chi connectivity index (χ0v) is 11.1. The summed E-state index contributed by atoms with van der Waals surface area (Å²) in [7, 11) is 1.77. The number of aromatic nitrogens is 4. The van der Waals surface area contributed by atoms with E-state index in [-0.39, 0.29) is 5.56 Å². The number of nitrogens with one attached hydrogen (secondary N) is 1. The molecule has 5 nitrogen and oxygen atoms in total. The molecule has 19 heavy (non-hydrogen) atoms. The smallest absolute Gasteiger partial charge is 0.271 e. The highest BCUT2D eigenvalue weighted by Crippen LogP contribution is 2.22. The Balaban J connectivity index is 2.25. The lowest BCUT2D eigenvalue weighted by Crippen LogP contribution is -2.01. The molecule has 0 aliphatic heterocycles. The molecule has 0 fully saturated rings. The van der Waals surface area contributed by atoms with Gasteiger partial charge in [-0.3, -0.25) is 19.6 Å². The van der Waals surface area contributed by atoms with Gasteiger partial charge in [0.1, 0.15) is 0 Å². The van der Waals surface area contributed by atoms with Crippen molar-refractivity contribution in [3.05, 3.63) is 46.1 Å². The van der Waals surface area contributed by atoms with Gasteiger partial charge in [-0.05, 0) is 37.6 Å². The molecule has 0 saturated heterocycles. The minimum atomic E-state index is -0.116. The number of pyridine rings is 2. The van der Waals surface area contributed by atoms with Crippen molar-refractivity contribution in [3.8, 4) is 11.1 Å². The summed E-state index contributed by atoms with van der Waals surface area (Å²) < 4.78 is 1.63. The van der Waals surface area contributed by atoms with Crippen molar-refractivity contribution in [2.75, 3.05) is 0 Å². The summed E-state index contributed by atoms with van der Waals surface area (Å²) >= 11 is 0. The van der Waals surface area contributed by atoms with Crippen molar-refractivity contribution in [1.82, 2.24) is 19.7 Å². The molecule has 0 atom stereocenters. The van der Waals surface area contributed by atoms with Crippen LogP contribution in [0.15, 0.2) is 29.2 Å². The zero-order chi connectivity index (χ0) is 13.6. The Labute approximate surface area is 109 Å². The van der Waals surface area contributed by atoms with Crippen LogP contribution in [-0.2, 0) is 7.05 Å². The van der Waals surface area contributed by atoms with Crippen molar-refractivity contribution in [2.45, 2.75) is 13.8 Å². The first-order valence-corrected chi connectivity index (χ1v) is 6.05. The third kappa shape index (κ3) is 1.93. The van der Waals surface area contributed by atoms with Crippen LogP contribution >= 0.6 is 0 Å². The van der Waals surface area contributed by atoms with Crippen molar-refractivity contribution < 1.29 is 0 Å². The molecule has 3 aromatic rings. The first kappa shape index (κ1) is 11.6. The molecule has 0 unspecified atom stereocenters. The van der Waals surface area contributed by atoms with Gasteiger partial charge < -0.3 is 0 Å². The molecule has 1 N–H and O–H groups in total. The average Bonchev–Trinajstić information content (AvgIpc) is 2.63. The van der Waals surface area contributed by atoms with Crippen LogP contribution in [0, 0.1) is 13.8 Å². The summed E-state index contributed by atoms with van der Waals surface area (Å²) in [6.45, 7) is 3.91. The number of aromatic amines is 1. The van der Waals surface area contributed by atoms with Crippen molar-refractivity contribution >= 4 is 11.0 Å². The monoisotopic (exact) mass is 254 g/mol. The predicted molar refractivity (Wildman–Crippen MR) is 74.0 cm³/mol. The maximum absolute atomic E-state index is 11.8. The molecule has 0 bridgehead atoms. The van der Waals surface area contributed by atoms with Crippen LogP contribution in [0.4, 0.5) is 0 Å². The topological polar surface area (TPSA) is 63.6 Å². The average molecular weight is 254 g/mol. The highest BCUT2D eigenvalue weighted by atomic mass is 16.1. The minimum Gasteiger partial charge on any atom is -0.271 e. The van der Waals surface area contributed by atoms with Gasteiger partial charge in [0.15, 0.2) is 5.65 Å². The molecule has 3 rings (SSSR count). The molecule has 96 valence electrons. The van der Waals surface area contributed by atoms with Crippen LogP contribution in [0.1, 0.15) is 11.4 Å². The van der Waals surface area contributed by atoms with Crippen LogP contribution < -0.4 is 5.56 Å². The molecule has 0 aliphatic rings. The third-order valence-electron chi connectivity index (χ3n) is 3.11. The molecule has 3 aromatic heterocycles. The molecule has 0 aliphatic carbocycles. The van der Waals surface area contributed by atoms with E-state index in [9.17, 15) is 4.79 Å². The van der Waals surface area contributed by atoms with Gasteiger partial charge in [-0.2, -0.15) is 0 Å². The van der Waals surface area contributed by atoms with E-state index in [1.165, 1.54) is 0 Å². The number of hydrogen-bond donors (Lipinski definition) is 1. The summed E-state index contributed by atoms with van der Waals surface area (Å²) in [5, 5.41) is 3.31. The van der Waals surface area contributed by atoms with Gasteiger partial charge in [0, 0.05) is 30.2 Å². The molecule has 0 amide bonds. The van der Waals surface area contributed by atoms with E-state index in [2.05, 4.69) is 15.1 Å². The Hall–Kier alpha value is -2.43. The van der Waals surface area contributed by atoms with Gasteiger partial charge in [-0.15, -0.1) is 0 Å². The Morgan fingerprint density at radius 1 is 1.11 bits per heavy atom. The molecule has 0 saturated carbocycles. The summed E-state index contributed by atoms with van der Waals surface area (Å²) in [6.07, 6.45) is 1.78. The van der Waals surface area contributed by atoms with Gasteiger partial charge in [0.25, 0.3) is 5.56 Å². The SMILES string of the molecule is Cc1cc(-c2cnc3c(c2)c(=O)[nH]n3C)cc(C)n1. The quantitative estimate of drug-likeness (QED) is 0.721. The van der Waals surface area contributed by atoms with Gasteiger partial charge in [0.2, 0.25) is 0 Å². The van der Waals surface area contributed by atoms with E-state index in [1.807, 2.05) is 32.0 Å². The fraction of sp³-hybridized carbons (Fsp3) is 0.214. The highest BCUT2D eigenvalue weighted by molar-refractivity contribution is 5.80. The normalized spacial score (nSPS) is 11.1. The van der Waals surface area contributed by atoms with E-state index in [4.69, 9.17) is 0 Å². The minimum absolute atomic E-state index is 0.116. The van der Waals surface area contributed by atoms with Crippen LogP contribution in [0.2, 0.25) is 0 Å². The molecule has 0 spiro atoms. The second-order valence-corrected chi connectivity index (χ2v) is 4.73. The van der Waals surface area contributed by atoms with Crippen molar-refractivity contribution in [2.24, 2.45) is 7.05 Å². The molecular weight excluding hydrogens is 240 g/mol. The molecule has 3 heterocycles. The van der Waals surface area contributed by atoms with E-state index in [1.54, 1.807) is 17.9 Å². The van der Waals surface area contributed by atoms with Gasteiger partial charge in [-0.1, -0.05) is 0 Å². The van der Waals surface area contributed by atoms with E-state index < -0.39 is 0 Å². The van der Waals surface area contributed by atoms with Crippen molar-refractivity contribution in [3.63, 3.8) is 0 Å². The maximum atomic E-state index is 11.8. The van der Waals surface area contributed by atoms with Crippen LogP contribution in [-0.4, -0.2) is 19.7 Å². The number of fused-ring (bicyclic) bond motifs is 1. The summed E-state index contributed by atoms with van der Waals surface area (Å²) in [4.78, 5) is 20.5. The third-order valence-corrected chi connectivity index (χ3v) is 3.11. The Morgan fingerprint density at radius 2 is 1.79 bits per heavy atom. The van der Waals surface area contributed by atoms with Gasteiger partial charge in [-0.25, -0.2) is 4.98 Å². The first-order chi connectivity index (χ1) is 9.04. The molecule has 0 radical (unpaired) electrons. The summed E-state index contributed by atoms with van der Waals surface area (Å²) in [6, 6.07) is 5.86. The Morgan fingerprint density at radius 3 is 2.47 bits per heavy atom. The van der Waals surface area contributed by atoms with Gasteiger partial charge >= 0.3 is 0 Å². The number of rotatable bonds is 1. The van der Waals surface area contributed by atoms with Crippen LogP contribution in [0.25, 0.3) is 22.2 Å². The fourth-order valence-electron chi connectivity index (χ4n) is 2.32. The van der Waals surface area contributed by atoms with E-state index in [0.717, 1.165) is 22.5 Å². The lowest BCUT2D eigenvalue weighted by molar-refractivity contribution is 0.774. The van der Waals surface area contributed by atoms with Gasteiger partial charge in [0.05, 0.1) is 5.39 Å². The second kappa shape index (κ2) is 4.05. The molecular formula is C14H14N4O. The lowest BCUT2D eigenvalue weighted by atomic mass is 10.1. The number of H-pyrrole nitrogens is 1. The fourth-order valence-corrected chi connectivity index (χ4v) is 2.32. The first-order valence-electron chi connectivity index (χ1n) is 6.05. The standard InChI is InChI=1S/C14H14N4O/c1-8-4-10(5-9(2)16-8)11-6-12-13(15-7-11)18(3)17-14(12)19/h4-7H,1-3H3,(H,17,19). The predicted octanol–water partition coefficient (Wildman–Crippen LogP) is 1.94. The van der Waals surface area contributed by atoms with E-state index >= 15 is 0 Å². The number of nitrogens with zero attached hydrogens (tertiary/aromatic N) is 3. The van der Waals surface area contributed by atoms with Crippen LogP contribution in [0.3, 0.4) is 0 Å². The summed E-state index contributed by atoms with van der Waals surface area (Å²) in [5.74, 6) is 0. The maximum Gasteiger partial charge on any atom is 0.273 e. The largest absolute Gasteiger partial charge is 0.273 e. The van der Waals surface area contributed by atoms with Crippen LogP contribution in [0.5, 0.6) is 0 Å². The highest BCUT2D eigenvalue weighted by Gasteiger charge is 2.08. The molecule has 5 heteroatoms. The lowest BCUT2D eigenvalue weighted by Gasteiger charge is -2.04. The summed E-state index contributed by atoms with van der Waals surface area (Å²) in [5.41, 5.74) is 4.42. The second-order valence-electron chi connectivity index (χ2n) is 4.73. The number of aryl methyl sites for hydroxylation is 3.